The molecule has 108 valence electrons. The Hall–Kier alpha value is -2.54. The Morgan fingerprint density at radius 3 is 2.86 bits per heavy atom. The number of hydrogen-bond donors (Lipinski definition) is 2. The number of carbonyl (C=O) groups is 1. The molecular weight excluding hydrogens is 288 g/mol. The SMILES string of the molecule is COc1nc2sccn2c1CNc1ccc(C(N)=O)cc1. The summed E-state index contributed by atoms with van der Waals surface area (Å²) in [6, 6.07) is 7.02. The van der Waals surface area contributed by atoms with E-state index in [0.717, 1.165) is 16.3 Å². The molecule has 2 aromatic heterocycles. The monoisotopic (exact) mass is 302 g/mol. The van der Waals surface area contributed by atoms with Crippen molar-refractivity contribution in [2.45, 2.75) is 6.54 Å². The number of hydrogen-bond acceptors (Lipinski definition) is 5. The van der Waals surface area contributed by atoms with Gasteiger partial charge in [0.25, 0.3) is 0 Å². The molecule has 0 spiro atoms. The lowest BCUT2D eigenvalue weighted by molar-refractivity contribution is 0.100. The molecule has 0 aliphatic carbocycles. The number of primary amides is 1. The molecule has 21 heavy (non-hydrogen) atoms. The largest absolute Gasteiger partial charge is 0.480 e. The molecule has 0 saturated carbocycles. The van der Waals surface area contributed by atoms with Gasteiger partial charge in [0.2, 0.25) is 11.8 Å². The molecule has 3 aromatic rings. The number of amides is 1. The van der Waals surface area contributed by atoms with Crippen molar-refractivity contribution in [2.75, 3.05) is 12.4 Å². The normalized spacial score (nSPS) is 10.7. The number of ether oxygens (including phenoxy) is 1. The van der Waals surface area contributed by atoms with Crippen LogP contribution in [0.15, 0.2) is 35.8 Å². The lowest BCUT2D eigenvalue weighted by atomic mass is 10.2. The first-order valence-electron chi connectivity index (χ1n) is 6.31. The zero-order valence-electron chi connectivity index (χ0n) is 11.4. The van der Waals surface area contributed by atoms with Crippen molar-refractivity contribution in [2.24, 2.45) is 5.73 Å². The number of anilines is 1. The average Bonchev–Trinajstić information content (AvgIpc) is 3.06. The molecule has 0 fully saturated rings. The van der Waals surface area contributed by atoms with Crippen LogP contribution in [-0.2, 0) is 6.54 Å². The quantitative estimate of drug-likeness (QED) is 0.756. The summed E-state index contributed by atoms with van der Waals surface area (Å²) < 4.78 is 7.30. The molecule has 1 aromatic carbocycles. The molecule has 3 N–H and O–H groups in total. The maximum Gasteiger partial charge on any atom is 0.248 e. The van der Waals surface area contributed by atoms with Crippen molar-refractivity contribution in [3.63, 3.8) is 0 Å². The number of benzene rings is 1. The summed E-state index contributed by atoms with van der Waals surface area (Å²) in [7, 11) is 1.61. The highest BCUT2D eigenvalue weighted by atomic mass is 32.1. The van der Waals surface area contributed by atoms with E-state index in [-0.39, 0.29) is 0 Å². The maximum atomic E-state index is 11.0. The number of nitrogens with zero attached hydrogens (tertiary/aromatic N) is 2. The minimum Gasteiger partial charge on any atom is -0.480 e. The summed E-state index contributed by atoms with van der Waals surface area (Å²) in [5, 5.41) is 5.26. The minimum atomic E-state index is -0.431. The summed E-state index contributed by atoms with van der Waals surface area (Å²) in [5.74, 6) is 0.182. The average molecular weight is 302 g/mol. The van der Waals surface area contributed by atoms with E-state index in [9.17, 15) is 4.79 Å². The fourth-order valence-electron chi connectivity index (χ4n) is 2.08. The molecule has 0 unspecified atom stereocenters. The van der Waals surface area contributed by atoms with Crippen molar-refractivity contribution in [1.29, 1.82) is 0 Å². The van der Waals surface area contributed by atoms with Crippen LogP contribution in [0.1, 0.15) is 16.1 Å². The van der Waals surface area contributed by atoms with Gasteiger partial charge in [-0.15, -0.1) is 11.3 Å². The number of fused-ring (bicyclic) bond motifs is 1. The molecule has 0 bridgehead atoms. The number of methoxy groups -OCH3 is 1. The van der Waals surface area contributed by atoms with Gasteiger partial charge in [0.15, 0.2) is 4.96 Å². The Labute approximate surface area is 125 Å². The molecule has 7 heteroatoms. The molecule has 0 atom stereocenters. The predicted molar refractivity (Wildman–Crippen MR) is 81.9 cm³/mol. The van der Waals surface area contributed by atoms with Gasteiger partial charge in [-0.1, -0.05) is 0 Å². The van der Waals surface area contributed by atoms with E-state index in [4.69, 9.17) is 10.5 Å². The highest BCUT2D eigenvalue weighted by Gasteiger charge is 2.13. The summed E-state index contributed by atoms with van der Waals surface area (Å²) in [6.45, 7) is 0.566. The van der Waals surface area contributed by atoms with E-state index < -0.39 is 5.91 Å². The van der Waals surface area contributed by atoms with Crippen molar-refractivity contribution < 1.29 is 9.53 Å². The Morgan fingerprint density at radius 2 is 2.19 bits per heavy atom. The Morgan fingerprint density at radius 1 is 1.43 bits per heavy atom. The highest BCUT2D eigenvalue weighted by molar-refractivity contribution is 7.15. The Kier molecular flexibility index (Phi) is 3.49. The first-order chi connectivity index (χ1) is 10.2. The van der Waals surface area contributed by atoms with Crippen LogP contribution >= 0.6 is 11.3 Å². The van der Waals surface area contributed by atoms with Crippen molar-refractivity contribution in [3.05, 3.63) is 47.1 Å². The Bertz CT molecular complexity index is 776. The van der Waals surface area contributed by atoms with Crippen LogP contribution in [0.4, 0.5) is 5.69 Å². The van der Waals surface area contributed by atoms with Crippen LogP contribution in [0, 0.1) is 0 Å². The van der Waals surface area contributed by atoms with E-state index in [2.05, 4.69) is 10.3 Å². The number of rotatable bonds is 5. The summed E-state index contributed by atoms with van der Waals surface area (Å²) in [5.41, 5.74) is 7.55. The third-order valence-corrected chi connectivity index (χ3v) is 3.90. The fraction of sp³-hybridized carbons (Fsp3) is 0.143. The van der Waals surface area contributed by atoms with E-state index in [1.807, 2.05) is 28.1 Å². The van der Waals surface area contributed by atoms with Crippen molar-refractivity contribution >= 4 is 27.9 Å². The van der Waals surface area contributed by atoms with Crippen molar-refractivity contribution in [1.82, 2.24) is 9.38 Å². The van der Waals surface area contributed by atoms with E-state index in [1.165, 1.54) is 0 Å². The molecule has 6 nitrogen and oxygen atoms in total. The minimum absolute atomic E-state index is 0.431. The zero-order valence-corrected chi connectivity index (χ0v) is 12.2. The number of thiazole rings is 1. The molecular formula is C14H14N4O2S. The molecule has 0 aliphatic rings. The maximum absolute atomic E-state index is 11.0. The summed E-state index contributed by atoms with van der Waals surface area (Å²) >= 11 is 1.56. The lowest BCUT2D eigenvalue weighted by Gasteiger charge is -2.07. The zero-order chi connectivity index (χ0) is 14.8. The number of nitrogens with one attached hydrogen (secondary N) is 1. The fourth-order valence-corrected chi connectivity index (χ4v) is 2.80. The predicted octanol–water partition coefficient (Wildman–Crippen LogP) is 2.12. The molecule has 0 radical (unpaired) electrons. The summed E-state index contributed by atoms with van der Waals surface area (Å²) in [6.07, 6.45) is 1.96. The first kappa shape index (κ1) is 13.4. The van der Waals surface area contributed by atoms with E-state index in [1.54, 1.807) is 30.6 Å². The van der Waals surface area contributed by atoms with Crippen LogP contribution in [-0.4, -0.2) is 22.4 Å². The van der Waals surface area contributed by atoms with Crippen LogP contribution in [0.3, 0.4) is 0 Å². The van der Waals surface area contributed by atoms with Gasteiger partial charge in [0.1, 0.15) is 5.69 Å². The summed E-state index contributed by atoms with van der Waals surface area (Å²) in [4.78, 5) is 16.3. The van der Waals surface area contributed by atoms with E-state index in [0.29, 0.717) is 18.0 Å². The number of nitrogens with two attached hydrogens (primary N) is 1. The van der Waals surface area contributed by atoms with Crippen LogP contribution in [0.25, 0.3) is 4.96 Å². The molecule has 0 aliphatic heterocycles. The first-order valence-corrected chi connectivity index (χ1v) is 7.19. The van der Waals surface area contributed by atoms with E-state index >= 15 is 0 Å². The molecule has 2 heterocycles. The number of carbonyl (C=O) groups excluding carboxylic acids is 1. The molecule has 0 saturated heterocycles. The second-order valence-electron chi connectivity index (χ2n) is 4.42. The van der Waals surface area contributed by atoms with Crippen molar-refractivity contribution in [3.8, 4) is 5.88 Å². The Balaban J connectivity index is 1.79. The van der Waals surface area contributed by atoms with Gasteiger partial charge in [-0.25, -0.2) is 0 Å². The van der Waals surface area contributed by atoms with Gasteiger partial charge >= 0.3 is 0 Å². The second-order valence-corrected chi connectivity index (χ2v) is 5.29. The lowest BCUT2D eigenvalue weighted by Crippen LogP contribution is -2.10. The van der Waals surface area contributed by atoms with Gasteiger partial charge in [-0.3, -0.25) is 9.20 Å². The van der Waals surface area contributed by atoms with Gasteiger partial charge in [-0.05, 0) is 24.3 Å². The smallest absolute Gasteiger partial charge is 0.248 e. The van der Waals surface area contributed by atoms with Crippen LogP contribution in [0.5, 0.6) is 5.88 Å². The number of imidazole rings is 1. The van der Waals surface area contributed by atoms with Gasteiger partial charge in [-0.2, -0.15) is 4.98 Å². The van der Waals surface area contributed by atoms with Gasteiger partial charge in [0, 0.05) is 22.8 Å². The third kappa shape index (κ3) is 2.55. The van der Waals surface area contributed by atoms with Gasteiger partial charge < -0.3 is 15.8 Å². The highest BCUT2D eigenvalue weighted by Crippen LogP contribution is 2.24. The molecule has 1 amide bonds. The third-order valence-electron chi connectivity index (χ3n) is 3.15. The standard InChI is InChI=1S/C14H14N4O2S/c1-20-13-11(18-6-7-21-14(18)17-13)8-16-10-4-2-9(3-5-10)12(15)19/h2-7,16H,8H2,1H3,(H2,15,19). The topological polar surface area (TPSA) is 81.7 Å². The second kappa shape index (κ2) is 5.45. The number of aromatic nitrogens is 2. The van der Waals surface area contributed by atoms with Crippen LogP contribution in [0.2, 0.25) is 0 Å². The van der Waals surface area contributed by atoms with Crippen LogP contribution < -0.4 is 15.8 Å². The molecule has 3 rings (SSSR count). The van der Waals surface area contributed by atoms with Gasteiger partial charge in [0.05, 0.1) is 13.7 Å².